The predicted octanol–water partition coefficient (Wildman–Crippen LogP) is 2.05. The van der Waals surface area contributed by atoms with Gasteiger partial charge in [-0.25, -0.2) is 0 Å². The summed E-state index contributed by atoms with van der Waals surface area (Å²) in [5, 5.41) is 3.50. The zero-order chi connectivity index (χ0) is 13.7. The van der Waals surface area contributed by atoms with Crippen molar-refractivity contribution in [1.82, 2.24) is 10.3 Å². The molecule has 1 aliphatic rings. The number of hydrogen-bond donors (Lipinski definition) is 1. The molecule has 1 atom stereocenters. The van der Waals surface area contributed by atoms with Crippen molar-refractivity contribution in [1.29, 1.82) is 0 Å². The summed E-state index contributed by atoms with van der Waals surface area (Å²) < 4.78 is 5.47. The van der Waals surface area contributed by atoms with Crippen molar-refractivity contribution in [2.45, 2.75) is 32.9 Å². The molecule has 1 N–H and O–H groups in total. The Labute approximate surface area is 116 Å². The third-order valence-electron chi connectivity index (χ3n) is 3.59. The van der Waals surface area contributed by atoms with Gasteiger partial charge in [-0.1, -0.05) is 13.8 Å². The molecule has 0 aromatic carbocycles. The quantitative estimate of drug-likeness (QED) is 0.852. The van der Waals surface area contributed by atoms with Crippen LogP contribution in [0.25, 0.3) is 0 Å². The highest BCUT2D eigenvalue weighted by atomic mass is 16.5. The van der Waals surface area contributed by atoms with E-state index in [0.29, 0.717) is 12.0 Å². The maximum absolute atomic E-state index is 5.47. The largest absolute Gasteiger partial charge is 0.379 e. The molecule has 0 amide bonds. The summed E-state index contributed by atoms with van der Waals surface area (Å²) in [6.45, 7) is 8.08. The molecule has 1 saturated heterocycles. The van der Waals surface area contributed by atoms with Gasteiger partial charge in [-0.2, -0.15) is 0 Å². The van der Waals surface area contributed by atoms with E-state index >= 15 is 0 Å². The molecule has 0 radical (unpaired) electrons. The molecule has 1 unspecified atom stereocenters. The van der Waals surface area contributed by atoms with Crippen LogP contribution in [-0.4, -0.2) is 37.8 Å². The zero-order valence-electron chi connectivity index (χ0n) is 12.2. The topological polar surface area (TPSA) is 37.4 Å². The van der Waals surface area contributed by atoms with Crippen molar-refractivity contribution in [3.05, 3.63) is 24.0 Å². The number of nitrogens with one attached hydrogen (secondary N) is 1. The lowest BCUT2D eigenvalue weighted by molar-refractivity contribution is 0.193. The van der Waals surface area contributed by atoms with E-state index in [4.69, 9.17) is 4.74 Å². The Balaban J connectivity index is 2.02. The second kappa shape index (κ2) is 6.87. The Bertz CT molecular complexity index is 389. The number of anilines is 1. The Morgan fingerprint density at radius 3 is 3.05 bits per heavy atom. The molecule has 106 valence electrons. The summed E-state index contributed by atoms with van der Waals surface area (Å²) in [5.41, 5.74) is 2.53. The van der Waals surface area contributed by atoms with Crippen molar-refractivity contribution in [2.75, 3.05) is 31.7 Å². The molecule has 19 heavy (non-hydrogen) atoms. The minimum Gasteiger partial charge on any atom is -0.379 e. The van der Waals surface area contributed by atoms with Crippen LogP contribution in [0, 0.1) is 5.92 Å². The number of aromatic nitrogens is 1. The molecular weight excluding hydrogens is 238 g/mol. The molecule has 1 fully saturated rings. The lowest BCUT2D eigenvalue weighted by atomic mass is 10.1. The van der Waals surface area contributed by atoms with Gasteiger partial charge in [0, 0.05) is 26.4 Å². The van der Waals surface area contributed by atoms with Crippen molar-refractivity contribution < 1.29 is 4.74 Å². The van der Waals surface area contributed by atoms with Crippen LogP contribution in [0.3, 0.4) is 0 Å². The van der Waals surface area contributed by atoms with Crippen LogP contribution in [0.5, 0.6) is 0 Å². The summed E-state index contributed by atoms with van der Waals surface area (Å²) in [5.74, 6) is 0.672. The number of pyridine rings is 1. The smallest absolute Gasteiger partial charge is 0.0670 e. The number of hydrogen-bond acceptors (Lipinski definition) is 4. The first-order valence-electron chi connectivity index (χ1n) is 7.12. The predicted molar refractivity (Wildman–Crippen MR) is 78.4 cm³/mol. The molecule has 1 aromatic heterocycles. The standard InChI is InChI=1S/C15H25N3O/c1-12(2)8-17-9-13-4-6-16-10-15(13)18(3)14-5-7-19-11-14/h4,6,10,12,14,17H,5,7-9,11H2,1-3H3. The van der Waals surface area contributed by atoms with Gasteiger partial charge in [0.2, 0.25) is 0 Å². The first kappa shape index (κ1) is 14.3. The Hall–Kier alpha value is -1.13. The van der Waals surface area contributed by atoms with Crippen LogP contribution < -0.4 is 10.2 Å². The summed E-state index contributed by atoms with van der Waals surface area (Å²) in [6, 6.07) is 2.59. The van der Waals surface area contributed by atoms with Crippen LogP contribution in [0.2, 0.25) is 0 Å². The molecule has 0 bridgehead atoms. The molecule has 0 saturated carbocycles. The Morgan fingerprint density at radius 1 is 1.53 bits per heavy atom. The van der Waals surface area contributed by atoms with E-state index in [-0.39, 0.29) is 0 Å². The second-order valence-electron chi connectivity index (χ2n) is 5.66. The number of rotatable bonds is 6. The van der Waals surface area contributed by atoms with Crippen LogP contribution in [-0.2, 0) is 11.3 Å². The fourth-order valence-corrected chi connectivity index (χ4v) is 2.40. The van der Waals surface area contributed by atoms with Crippen molar-refractivity contribution in [2.24, 2.45) is 5.92 Å². The molecule has 4 heteroatoms. The highest BCUT2D eigenvalue weighted by Gasteiger charge is 2.22. The molecule has 0 spiro atoms. The molecule has 1 aromatic rings. The van der Waals surface area contributed by atoms with Gasteiger partial charge in [0.1, 0.15) is 0 Å². The van der Waals surface area contributed by atoms with Gasteiger partial charge >= 0.3 is 0 Å². The second-order valence-corrected chi connectivity index (χ2v) is 5.66. The van der Waals surface area contributed by atoms with E-state index in [1.165, 1.54) is 11.3 Å². The molecule has 1 aliphatic heterocycles. The minimum absolute atomic E-state index is 0.480. The SMILES string of the molecule is CC(C)CNCc1ccncc1N(C)C1CCOC1. The average molecular weight is 263 g/mol. The summed E-state index contributed by atoms with van der Waals surface area (Å²) >= 11 is 0. The first-order chi connectivity index (χ1) is 9.18. The van der Waals surface area contributed by atoms with Gasteiger partial charge < -0.3 is 15.0 Å². The van der Waals surface area contributed by atoms with Gasteiger partial charge in [0.25, 0.3) is 0 Å². The number of likely N-dealkylation sites (N-methyl/N-ethyl adjacent to an activating group) is 1. The third-order valence-corrected chi connectivity index (χ3v) is 3.59. The van der Waals surface area contributed by atoms with E-state index < -0.39 is 0 Å². The molecule has 0 aliphatic carbocycles. The number of nitrogens with zero attached hydrogens (tertiary/aromatic N) is 2. The van der Waals surface area contributed by atoms with Gasteiger partial charge in [0.15, 0.2) is 0 Å². The maximum Gasteiger partial charge on any atom is 0.0670 e. The first-order valence-corrected chi connectivity index (χ1v) is 7.12. The van der Waals surface area contributed by atoms with E-state index in [2.05, 4.69) is 42.2 Å². The van der Waals surface area contributed by atoms with Crippen LogP contribution in [0.1, 0.15) is 25.8 Å². The van der Waals surface area contributed by atoms with Gasteiger partial charge in [-0.05, 0) is 30.5 Å². The van der Waals surface area contributed by atoms with Crippen molar-refractivity contribution in [3.63, 3.8) is 0 Å². The lowest BCUT2D eigenvalue weighted by Gasteiger charge is -2.27. The maximum atomic E-state index is 5.47. The summed E-state index contributed by atoms with van der Waals surface area (Å²) in [7, 11) is 2.14. The zero-order valence-corrected chi connectivity index (χ0v) is 12.2. The fraction of sp³-hybridized carbons (Fsp3) is 0.667. The van der Waals surface area contributed by atoms with E-state index in [1.54, 1.807) is 0 Å². The average Bonchev–Trinajstić information content (AvgIpc) is 2.92. The van der Waals surface area contributed by atoms with Crippen LogP contribution >= 0.6 is 0 Å². The lowest BCUT2D eigenvalue weighted by Crippen LogP contribution is -2.33. The molecular formula is C15H25N3O. The highest BCUT2D eigenvalue weighted by molar-refractivity contribution is 5.52. The van der Waals surface area contributed by atoms with Gasteiger partial charge in [-0.15, -0.1) is 0 Å². The summed E-state index contributed by atoms with van der Waals surface area (Å²) in [6.07, 6.45) is 4.93. The van der Waals surface area contributed by atoms with E-state index in [0.717, 1.165) is 32.7 Å². The highest BCUT2D eigenvalue weighted by Crippen LogP contribution is 2.23. The Morgan fingerprint density at radius 2 is 2.37 bits per heavy atom. The molecule has 2 rings (SSSR count). The fourth-order valence-electron chi connectivity index (χ4n) is 2.40. The van der Waals surface area contributed by atoms with Crippen LogP contribution in [0.15, 0.2) is 18.5 Å². The van der Waals surface area contributed by atoms with Crippen molar-refractivity contribution >= 4 is 5.69 Å². The molecule has 4 nitrogen and oxygen atoms in total. The monoisotopic (exact) mass is 263 g/mol. The third kappa shape index (κ3) is 3.91. The van der Waals surface area contributed by atoms with Gasteiger partial charge in [-0.3, -0.25) is 4.98 Å². The van der Waals surface area contributed by atoms with Gasteiger partial charge in [0.05, 0.1) is 24.5 Å². The van der Waals surface area contributed by atoms with E-state index in [1.807, 2.05) is 12.4 Å². The normalized spacial score (nSPS) is 19.1. The van der Waals surface area contributed by atoms with E-state index in [9.17, 15) is 0 Å². The van der Waals surface area contributed by atoms with Crippen LogP contribution in [0.4, 0.5) is 5.69 Å². The minimum atomic E-state index is 0.480. The summed E-state index contributed by atoms with van der Waals surface area (Å²) in [4.78, 5) is 6.58. The molecule has 2 heterocycles. The van der Waals surface area contributed by atoms with Crippen molar-refractivity contribution in [3.8, 4) is 0 Å². The number of ether oxygens (including phenoxy) is 1. The Kier molecular flexibility index (Phi) is 5.16.